The molecule has 0 radical (unpaired) electrons. The Hall–Kier alpha value is -0.840. The normalized spacial score (nSPS) is 16.8. The molecule has 1 aromatic rings. The minimum absolute atomic E-state index is 0.0275. The Labute approximate surface area is 129 Å². The standard InChI is InChI=1S/C14H19Cl2N3O/c1-10(2)9-18-3-5-19(6-4-18)14(20)11-7-12(15)13(16)17-8-11/h7-8,10H,3-6,9H2,1-2H3. The summed E-state index contributed by atoms with van der Waals surface area (Å²) in [5.74, 6) is 0.622. The first-order chi connectivity index (χ1) is 9.47. The predicted octanol–water partition coefficient (Wildman–Crippen LogP) is 2.80. The molecule has 0 atom stereocenters. The van der Waals surface area contributed by atoms with E-state index in [2.05, 4.69) is 23.7 Å². The molecule has 1 aliphatic heterocycles. The highest BCUT2D eigenvalue weighted by Gasteiger charge is 2.23. The highest BCUT2D eigenvalue weighted by Crippen LogP contribution is 2.20. The van der Waals surface area contributed by atoms with Crippen LogP contribution in [-0.4, -0.2) is 53.4 Å². The second-order valence-corrected chi connectivity index (χ2v) is 6.25. The molecule has 2 heterocycles. The van der Waals surface area contributed by atoms with Crippen molar-refractivity contribution in [1.29, 1.82) is 0 Å². The van der Waals surface area contributed by atoms with Crippen LogP contribution in [0.15, 0.2) is 12.3 Å². The highest BCUT2D eigenvalue weighted by molar-refractivity contribution is 6.41. The van der Waals surface area contributed by atoms with E-state index in [-0.39, 0.29) is 11.1 Å². The third-order valence-corrected chi connectivity index (χ3v) is 4.01. The zero-order valence-electron chi connectivity index (χ0n) is 11.8. The summed E-state index contributed by atoms with van der Waals surface area (Å²) in [6.45, 7) is 8.81. The lowest BCUT2D eigenvalue weighted by molar-refractivity contribution is 0.0623. The van der Waals surface area contributed by atoms with E-state index in [0.29, 0.717) is 16.5 Å². The first kappa shape index (κ1) is 15.5. The summed E-state index contributed by atoms with van der Waals surface area (Å²) in [4.78, 5) is 20.5. The Balaban J connectivity index is 1.96. The van der Waals surface area contributed by atoms with Gasteiger partial charge in [0.1, 0.15) is 5.15 Å². The molecule has 2 rings (SSSR count). The lowest BCUT2D eigenvalue weighted by Gasteiger charge is -2.35. The van der Waals surface area contributed by atoms with Crippen LogP contribution < -0.4 is 0 Å². The first-order valence-corrected chi connectivity index (χ1v) is 7.55. The number of carbonyl (C=O) groups excluding carboxylic acids is 1. The van der Waals surface area contributed by atoms with E-state index in [1.165, 1.54) is 6.20 Å². The monoisotopic (exact) mass is 315 g/mol. The van der Waals surface area contributed by atoms with Gasteiger partial charge in [-0.3, -0.25) is 9.69 Å². The van der Waals surface area contributed by atoms with Gasteiger partial charge < -0.3 is 4.90 Å². The van der Waals surface area contributed by atoms with Gasteiger partial charge in [0.2, 0.25) is 0 Å². The minimum atomic E-state index is -0.0275. The van der Waals surface area contributed by atoms with E-state index in [1.54, 1.807) is 6.07 Å². The number of amides is 1. The molecule has 0 saturated carbocycles. The Kier molecular flexibility index (Phi) is 5.24. The molecule has 110 valence electrons. The molecule has 0 unspecified atom stereocenters. The number of nitrogens with zero attached hydrogens (tertiary/aromatic N) is 3. The zero-order chi connectivity index (χ0) is 14.7. The van der Waals surface area contributed by atoms with E-state index in [1.807, 2.05) is 4.90 Å². The van der Waals surface area contributed by atoms with Crippen molar-refractivity contribution in [2.24, 2.45) is 5.92 Å². The summed E-state index contributed by atoms with van der Waals surface area (Å²) in [6, 6.07) is 1.58. The Morgan fingerprint density at radius 2 is 1.95 bits per heavy atom. The van der Waals surface area contributed by atoms with Crippen LogP contribution in [0.5, 0.6) is 0 Å². The number of hydrogen-bond acceptors (Lipinski definition) is 3. The van der Waals surface area contributed by atoms with Gasteiger partial charge in [-0.05, 0) is 12.0 Å². The fourth-order valence-electron chi connectivity index (χ4n) is 2.37. The van der Waals surface area contributed by atoms with Crippen LogP contribution in [0.2, 0.25) is 10.2 Å². The van der Waals surface area contributed by atoms with Crippen molar-refractivity contribution in [3.63, 3.8) is 0 Å². The number of pyridine rings is 1. The molecule has 1 aliphatic rings. The molecule has 1 aromatic heterocycles. The maximum absolute atomic E-state index is 12.4. The molecule has 4 nitrogen and oxygen atoms in total. The van der Waals surface area contributed by atoms with Crippen LogP contribution in [-0.2, 0) is 0 Å². The Bertz CT molecular complexity index is 485. The van der Waals surface area contributed by atoms with Crippen LogP contribution in [0.3, 0.4) is 0 Å². The van der Waals surface area contributed by atoms with Gasteiger partial charge in [0.15, 0.2) is 0 Å². The van der Waals surface area contributed by atoms with E-state index in [0.717, 1.165) is 32.7 Å². The van der Waals surface area contributed by atoms with E-state index in [4.69, 9.17) is 23.2 Å². The summed E-state index contributed by atoms with van der Waals surface area (Å²) >= 11 is 11.7. The lowest BCUT2D eigenvalue weighted by Crippen LogP contribution is -2.49. The van der Waals surface area contributed by atoms with Crippen molar-refractivity contribution in [3.8, 4) is 0 Å². The minimum Gasteiger partial charge on any atom is -0.336 e. The molecule has 1 saturated heterocycles. The quantitative estimate of drug-likeness (QED) is 0.805. The summed E-state index contributed by atoms with van der Waals surface area (Å²) < 4.78 is 0. The van der Waals surface area contributed by atoms with Crippen LogP contribution in [0.1, 0.15) is 24.2 Å². The summed E-state index contributed by atoms with van der Waals surface area (Å²) in [6.07, 6.45) is 1.48. The van der Waals surface area contributed by atoms with Crippen molar-refractivity contribution in [2.75, 3.05) is 32.7 Å². The van der Waals surface area contributed by atoms with Crippen molar-refractivity contribution >= 4 is 29.1 Å². The fraction of sp³-hybridized carbons (Fsp3) is 0.571. The smallest absolute Gasteiger partial charge is 0.255 e. The number of aromatic nitrogens is 1. The topological polar surface area (TPSA) is 36.4 Å². The predicted molar refractivity (Wildman–Crippen MR) is 81.4 cm³/mol. The molecule has 6 heteroatoms. The SMILES string of the molecule is CC(C)CN1CCN(C(=O)c2cnc(Cl)c(Cl)c2)CC1. The largest absolute Gasteiger partial charge is 0.336 e. The van der Waals surface area contributed by atoms with E-state index >= 15 is 0 Å². The Morgan fingerprint density at radius 1 is 1.30 bits per heavy atom. The highest BCUT2D eigenvalue weighted by atomic mass is 35.5. The van der Waals surface area contributed by atoms with Crippen molar-refractivity contribution < 1.29 is 4.79 Å². The number of carbonyl (C=O) groups is 1. The second kappa shape index (κ2) is 6.74. The second-order valence-electron chi connectivity index (χ2n) is 5.48. The summed E-state index contributed by atoms with van der Waals surface area (Å²) in [5, 5.41) is 0.543. The average molecular weight is 316 g/mol. The van der Waals surface area contributed by atoms with Gasteiger partial charge in [0, 0.05) is 38.9 Å². The maximum atomic E-state index is 12.4. The van der Waals surface area contributed by atoms with Gasteiger partial charge in [0.25, 0.3) is 5.91 Å². The van der Waals surface area contributed by atoms with Crippen LogP contribution in [0, 0.1) is 5.92 Å². The fourth-order valence-corrected chi connectivity index (χ4v) is 2.64. The molecular formula is C14H19Cl2N3O. The van der Waals surface area contributed by atoms with Crippen molar-refractivity contribution in [2.45, 2.75) is 13.8 Å². The van der Waals surface area contributed by atoms with E-state index < -0.39 is 0 Å². The number of piperazine rings is 1. The number of hydrogen-bond donors (Lipinski definition) is 0. The maximum Gasteiger partial charge on any atom is 0.255 e. The third-order valence-electron chi connectivity index (χ3n) is 3.33. The van der Waals surface area contributed by atoms with Gasteiger partial charge >= 0.3 is 0 Å². The van der Waals surface area contributed by atoms with Crippen LogP contribution >= 0.6 is 23.2 Å². The molecule has 1 fully saturated rings. The van der Waals surface area contributed by atoms with Gasteiger partial charge in [-0.1, -0.05) is 37.0 Å². The lowest BCUT2D eigenvalue weighted by atomic mass is 10.1. The van der Waals surface area contributed by atoms with Crippen LogP contribution in [0.25, 0.3) is 0 Å². The molecule has 20 heavy (non-hydrogen) atoms. The van der Waals surface area contributed by atoms with E-state index in [9.17, 15) is 4.79 Å². The molecule has 0 aromatic carbocycles. The molecule has 0 N–H and O–H groups in total. The third kappa shape index (κ3) is 3.84. The summed E-state index contributed by atoms with van der Waals surface area (Å²) in [7, 11) is 0. The molecule has 0 aliphatic carbocycles. The summed E-state index contributed by atoms with van der Waals surface area (Å²) in [5.41, 5.74) is 0.497. The zero-order valence-corrected chi connectivity index (χ0v) is 13.3. The van der Waals surface area contributed by atoms with Gasteiger partial charge in [-0.2, -0.15) is 0 Å². The Morgan fingerprint density at radius 3 is 2.50 bits per heavy atom. The number of rotatable bonds is 3. The van der Waals surface area contributed by atoms with Crippen molar-refractivity contribution in [3.05, 3.63) is 28.0 Å². The van der Waals surface area contributed by atoms with Gasteiger partial charge in [-0.15, -0.1) is 0 Å². The molecular weight excluding hydrogens is 297 g/mol. The molecule has 1 amide bonds. The van der Waals surface area contributed by atoms with Gasteiger partial charge in [0.05, 0.1) is 10.6 Å². The number of halogens is 2. The molecule has 0 bridgehead atoms. The van der Waals surface area contributed by atoms with Gasteiger partial charge in [-0.25, -0.2) is 4.98 Å². The average Bonchev–Trinajstić information content (AvgIpc) is 2.41. The van der Waals surface area contributed by atoms with Crippen molar-refractivity contribution in [1.82, 2.24) is 14.8 Å². The first-order valence-electron chi connectivity index (χ1n) is 6.80. The molecule has 0 spiro atoms. The van der Waals surface area contributed by atoms with Crippen LogP contribution in [0.4, 0.5) is 0 Å².